The van der Waals surface area contributed by atoms with E-state index in [1.165, 1.54) is 62.4 Å². The molecule has 1 aliphatic carbocycles. The summed E-state index contributed by atoms with van der Waals surface area (Å²) >= 11 is 5.96. The molecule has 9 nitrogen and oxygen atoms in total. The summed E-state index contributed by atoms with van der Waals surface area (Å²) in [6, 6.07) is 10.2. The Morgan fingerprint density at radius 3 is 2.41 bits per heavy atom. The lowest BCUT2D eigenvalue weighted by molar-refractivity contribution is -0.0190. The maximum atomic E-state index is 14.4. The topological polar surface area (TPSA) is 108 Å². The molecule has 0 saturated heterocycles. The van der Waals surface area contributed by atoms with Crippen molar-refractivity contribution in [3.63, 3.8) is 0 Å². The van der Waals surface area contributed by atoms with Crippen LogP contribution in [0.1, 0.15) is 82.5 Å². The first-order valence-electron chi connectivity index (χ1n) is 16.8. The summed E-state index contributed by atoms with van der Waals surface area (Å²) in [5.74, 6) is 0.732. The van der Waals surface area contributed by atoms with Gasteiger partial charge in [0.1, 0.15) is 5.75 Å². The normalized spacial score (nSPS) is 23.3. The lowest BCUT2D eigenvalue weighted by atomic mass is 9.89. The molecule has 0 aromatic heterocycles. The molecule has 0 radical (unpaired) electrons. The SMILES string of the molecule is C[C@@H]1CCCCO[C@H](CN(C)CC2CCCCC2)[C@H](C)CN([C@@H](C)CO)C(=O)c2cc(NS(=O)(=O)c3ccc(Cl)cc3)ccc2O1. The van der Waals surface area contributed by atoms with Crippen LogP contribution in [-0.4, -0.2) is 87.4 Å². The summed E-state index contributed by atoms with van der Waals surface area (Å²) in [5, 5.41) is 10.7. The summed E-state index contributed by atoms with van der Waals surface area (Å²) in [4.78, 5) is 18.5. The van der Waals surface area contributed by atoms with Crippen molar-refractivity contribution in [3.8, 4) is 5.75 Å². The van der Waals surface area contributed by atoms with Gasteiger partial charge in [-0.3, -0.25) is 9.52 Å². The second-order valence-electron chi connectivity index (χ2n) is 13.3. The van der Waals surface area contributed by atoms with Crippen LogP contribution >= 0.6 is 11.6 Å². The standard InChI is InChI=1S/C35H52ClN3O6S/c1-25-21-39(26(2)24-40)35(41)32-20-30(37-46(42,43)31-16-13-29(36)14-17-31)15-18-33(32)45-27(3)10-8-9-19-44-34(25)23-38(4)22-28-11-6-5-7-12-28/h13-18,20,25-28,34,37,40H,5-12,19,21-24H2,1-4H3/t25-,26+,27-,34-/m1/s1. The van der Waals surface area contributed by atoms with E-state index in [0.717, 1.165) is 32.4 Å². The van der Waals surface area contributed by atoms with Crippen LogP contribution < -0.4 is 9.46 Å². The molecule has 0 unspecified atom stereocenters. The fourth-order valence-electron chi connectivity index (χ4n) is 6.47. The number of aliphatic hydroxyl groups excluding tert-OH is 1. The molecule has 1 saturated carbocycles. The van der Waals surface area contributed by atoms with Gasteiger partial charge in [-0.1, -0.05) is 37.8 Å². The van der Waals surface area contributed by atoms with Gasteiger partial charge in [0.15, 0.2) is 0 Å². The Labute approximate surface area is 280 Å². The molecule has 2 aromatic rings. The van der Waals surface area contributed by atoms with E-state index in [-0.39, 0.29) is 46.8 Å². The number of rotatable bonds is 9. The molecule has 1 heterocycles. The molecular formula is C35H52ClN3O6S. The molecule has 2 aliphatic rings. The summed E-state index contributed by atoms with van der Waals surface area (Å²) < 4.78 is 41.7. The van der Waals surface area contributed by atoms with Crippen LogP contribution in [0.3, 0.4) is 0 Å². The molecule has 0 spiro atoms. The van der Waals surface area contributed by atoms with Crippen molar-refractivity contribution in [2.75, 3.05) is 44.6 Å². The van der Waals surface area contributed by atoms with Crippen LogP contribution in [0, 0.1) is 11.8 Å². The molecule has 256 valence electrons. The van der Waals surface area contributed by atoms with Crippen LogP contribution in [0.2, 0.25) is 5.02 Å². The van der Waals surface area contributed by atoms with Crippen LogP contribution in [0.25, 0.3) is 0 Å². The lowest BCUT2D eigenvalue weighted by Crippen LogP contribution is -2.47. The molecule has 4 rings (SSSR count). The van der Waals surface area contributed by atoms with Crippen LogP contribution in [0.15, 0.2) is 47.4 Å². The number of fused-ring (bicyclic) bond motifs is 1. The van der Waals surface area contributed by atoms with Crippen molar-refractivity contribution >= 4 is 33.2 Å². The van der Waals surface area contributed by atoms with Crippen molar-refractivity contribution in [2.45, 2.75) is 95.3 Å². The maximum Gasteiger partial charge on any atom is 0.261 e. The zero-order chi connectivity index (χ0) is 33.3. The Balaban J connectivity index is 1.62. The van der Waals surface area contributed by atoms with Crippen molar-refractivity contribution in [3.05, 3.63) is 53.1 Å². The highest BCUT2D eigenvalue weighted by atomic mass is 35.5. The summed E-state index contributed by atoms with van der Waals surface area (Å²) in [6.07, 6.45) is 8.82. The molecule has 4 atom stereocenters. The highest BCUT2D eigenvalue weighted by Gasteiger charge is 2.31. The third-order valence-corrected chi connectivity index (χ3v) is 10.9. The molecule has 11 heteroatoms. The average Bonchev–Trinajstić information content (AvgIpc) is 3.03. The van der Waals surface area contributed by atoms with E-state index in [0.29, 0.717) is 29.8 Å². The van der Waals surface area contributed by atoms with Crippen LogP contribution in [0.4, 0.5) is 5.69 Å². The summed E-state index contributed by atoms with van der Waals surface area (Å²) in [7, 11) is -1.78. The number of carbonyl (C=O) groups excluding carboxylic acids is 1. The fraction of sp³-hybridized carbons (Fsp3) is 0.629. The van der Waals surface area contributed by atoms with E-state index < -0.39 is 16.1 Å². The van der Waals surface area contributed by atoms with E-state index in [9.17, 15) is 18.3 Å². The summed E-state index contributed by atoms with van der Waals surface area (Å²) in [5.41, 5.74) is 0.467. The Hall–Kier alpha value is -2.37. The molecule has 1 fully saturated rings. The number of hydrogen-bond acceptors (Lipinski definition) is 7. The third kappa shape index (κ3) is 10.3. The number of sulfonamides is 1. The van der Waals surface area contributed by atoms with Gasteiger partial charge in [-0.2, -0.15) is 0 Å². The smallest absolute Gasteiger partial charge is 0.261 e. The number of amides is 1. The highest BCUT2D eigenvalue weighted by molar-refractivity contribution is 7.92. The number of halogens is 1. The minimum Gasteiger partial charge on any atom is -0.490 e. The molecular weight excluding hydrogens is 626 g/mol. The number of nitrogens with zero attached hydrogens (tertiary/aromatic N) is 2. The maximum absolute atomic E-state index is 14.4. The van der Waals surface area contributed by atoms with Gasteiger partial charge in [0.05, 0.1) is 35.3 Å². The largest absolute Gasteiger partial charge is 0.490 e. The first kappa shape index (κ1) is 36.5. The van der Waals surface area contributed by atoms with Gasteiger partial charge in [-0.25, -0.2) is 8.42 Å². The highest BCUT2D eigenvalue weighted by Crippen LogP contribution is 2.30. The van der Waals surface area contributed by atoms with Gasteiger partial charge < -0.3 is 24.4 Å². The van der Waals surface area contributed by atoms with Crippen molar-refractivity contribution in [2.24, 2.45) is 11.8 Å². The Kier molecular flexibility index (Phi) is 13.6. The lowest BCUT2D eigenvalue weighted by Gasteiger charge is -2.36. The van der Waals surface area contributed by atoms with Gasteiger partial charge in [0.25, 0.3) is 15.9 Å². The molecule has 1 amide bonds. The van der Waals surface area contributed by atoms with Gasteiger partial charge >= 0.3 is 0 Å². The van der Waals surface area contributed by atoms with E-state index in [2.05, 4.69) is 23.6 Å². The third-order valence-electron chi connectivity index (χ3n) is 9.21. The molecule has 0 bridgehead atoms. The molecule has 2 N–H and O–H groups in total. The average molecular weight is 678 g/mol. The first-order chi connectivity index (χ1) is 22.0. The summed E-state index contributed by atoms with van der Waals surface area (Å²) in [6.45, 7) is 8.46. The minimum absolute atomic E-state index is 0.0235. The number of nitrogens with one attached hydrogen (secondary N) is 1. The predicted molar refractivity (Wildman–Crippen MR) is 183 cm³/mol. The molecule has 46 heavy (non-hydrogen) atoms. The number of benzene rings is 2. The molecule has 2 aromatic carbocycles. The monoisotopic (exact) mass is 677 g/mol. The number of likely N-dealkylation sites (N-methyl/N-ethyl adjacent to an activating group) is 1. The van der Waals surface area contributed by atoms with Crippen LogP contribution in [0.5, 0.6) is 5.75 Å². The number of hydrogen-bond donors (Lipinski definition) is 2. The Morgan fingerprint density at radius 1 is 1.02 bits per heavy atom. The van der Waals surface area contributed by atoms with Crippen molar-refractivity contribution in [1.82, 2.24) is 9.80 Å². The number of anilines is 1. The Morgan fingerprint density at radius 2 is 1.72 bits per heavy atom. The van der Waals surface area contributed by atoms with E-state index in [1.807, 2.05) is 13.8 Å². The van der Waals surface area contributed by atoms with Crippen molar-refractivity contribution in [1.29, 1.82) is 0 Å². The number of aliphatic hydroxyl groups is 1. The second-order valence-corrected chi connectivity index (χ2v) is 15.4. The minimum atomic E-state index is -3.94. The van der Waals surface area contributed by atoms with Crippen molar-refractivity contribution < 1.29 is 27.8 Å². The fourth-order valence-corrected chi connectivity index (χ4v) is 7.64. The van der Waals surface area contributed by atoms with Crippen LogP contribution in [-0.2, 0) is 14.8 Å². The zero-order valence-corrected chi connectivity index (χ0v) is 29.4. The number of ether oxygens (including phenoxy) is 2. The van der Waals surface area contributed by atoms with Gasteiger partial charge in [0.2, 0.25) is 0 Å². The van der Waals surface area contributed by atoms with Gasteiger partial charge in [0, 0.05) is 42.9 Å². The van der Waals surface area contributed by atoms with Gasteiger partial charge in [-0.15, -0.1) is 0 Å². The predicted octanol–water partition coefficient (Wildman–Crippen LogP) is 6.45. The first-order valence-corrected chi connectivity index (χ1v) is 18.6. The van der Waals surface area contributed by atoms with E-state index in [1.54, 1.807) is 17.0 Å². The number of carbonyl (C=O) groups is 1. The van der Waals surface area contributed by atoms with Gasteiger partial charge in [-0.05, 0) is 101 Å². The van der Waals surface area contributed by atoms with E-state index in [4.69, 9.17) is 21.1 Å². The zero-order valence-electron chi connectivity index (χ0n) is 27.8. The Bertz CT molecular complexity index is 1370. The van der Waals surface area contributed by atoms with E-state index >= 15 is 0 Å². The quantitative estimate of drug-likeness (QED) is 0.314. The second kappa shape index (κ2) is 17.2. The molecule has 1 aliphatic heterocycles.